The van der Waals surface area contributed by atoms with Gasteiger partial charge in [-0.3, -0.25) is 5.10 Å². The molecule has 0 unspecified atom stereocenters. The average molecular weight is 216 g/mol. The minimum atomic E-state index is 0.656. The predicted octanol–water partition coefficient (Wildman–Crippen LogP) is 3.37. The van der Waals surface area contributed by atoms with Crippen LogP contribution in [0.4, 0.5) is 0 Å². The SMILES string of the molecule is CCc1ccc(-c2ccc(=S)[nH]n2)cc1. The molecule has 0 amide bonds. The van der Waals surface area contributed by atoms with Crippen molar-refractivity contribution in [2.24, 2.45) is 0 Å². The van der Waals surface area contributed by atoms with E-state index in [1.54, 1.807) is 0 Å². The Morgan fingerprint density at radius 3 is 2.40 bits per heavy atom. The third-order valence-corrected chi connectivity index (χ3v) is 2.56. The van der Waals surface area contributed by atoms with E-state index in [4.69, 9.17) is 12.2 Å². The van der Waals surface area contributed by atoms with E-state index in [-0.39, 0.29) is 0 Å². The van der Waals surface area contributed by atoms with Crippen molar-refractivity contribution < 1.29 is 0 Å². The summed E-state index contributed by atoms with van der Waals surface area (Å²) in [6.07, 6.45) is 1.06. The zero-order valence-electron chi connectivity index (χ0n) is 8.53. The first-order valence-corrected chi connectivity index (χ1v) is 5.35. The summed E-state index contributed by atoms with van der Waals surface area (Å²) in [4.78, 5) is 0. The second kappa shape index (κ2) is 4.36. The Morgan fingerprint density at radius 2 is 1.87 bits per heavy atom. The molecule has 2 rings (SSSR count). The molecule has 3 heteroatoms. The standard InChI is InChI=1S/C12H12N2S/c1-2-9-3-5-10(6-4-9)11-7-8-12(15)14-13-11/h3-8H,2H2,1H3,(H,14,15). The van der Waals surface area contributed by atoms with E-state index >= 15 is 0 Å². The lowest BCUT2D eigenvalue weighted by molar-refractivity contribution is 1.02. The lowest BCUT2D eigenvalue weighted by atomic mass is 10.1. The molecule has 15 heavy (non-hydrogen) atoms. The lowest BCUT2D eigenvalue weighted by Gasteiger charge is -2.01. The van der Waals surface area contributed by atoms with Gasteiger partial charge in [-0.05, 0) is 24.1 Å². The highest BCUT2D eigenvalue weighted by molar-refractivity contribution is 7.71. The van der Waals surface area contributed by atoms with E-state index in [0.29, 0.717) is 4.64 Å². The van der Waals surface area contributed by atoms with Crippen LogP contribution in [0.15, 0.2) is 36.4 Å². The van der Waals surface area contributed by atoms with Crippen LogP contribution in [0.2, 0.25) is 0 Å². The number of aromatic nitrogens is 2. The molecule has 1 N–H and O–H groups in total. The molecule has 0 aliphatic rings. The van der Waals surface area contributed by atoms with E-state index in [9.17, 15) is 0 Å². The molecule has 0 aliphatic carbocycles. The Bertz CT molecular complexity index is 479. The fourth-order valence-corrected chi connectivity index (χ4v) is 1.53. The van der Waals surface area contributed by atoms with Crippen LogP contribution in [0.1, 0.15) is 12.5 Å². The van der Waals surface area contributed by atoms with Crippen molar-refractivity contribution >= 4 is 12.2 Å². The van der Waals surface area contributed by atoms with Crippen LogP contribution >= 0.6 is 12.2 Å². The van der Waals surface area contributed by atoms with Gasteiger partial charge in [-0.25, -0.2) is 0 Å². The number of hydrogen-bond acceptors (Lipinski definition) is 2. The van der Waals surface area contributed by atoms with Gasteiger partial charge < -0.3 is 0 Å². The molecule has 2 nitrogen and oxygen atoms in total. The molecule has 0 aliphatic heterocycles. The van der Waals surface area contributed by atoms with Crippen LogP contribution in [0.5, 0.6) is 0 Å². The van der Waals surface area contributed by atoms with E-state index in [1.807, 2.05) is 12.1 Å². The van der Waals surface area contributed by atoms with Crippen LogP contribution in [-0.4, -0.2) is 10.2 Å². The molecule has 0 fully saturated rings. The highest BCUT2D eigenvalue weighted by atomic mass is 32.1. The Kier molecular flexibility index (Phi) is 2.92. The summed E-state index contributed by atoms with van der Waals surface area (Å²) in [7, 11) is 0. The number of aryl methyl sites for hydroxylation is 1. The summed E-state index contributed by atoms with van der Waals surface area (Å²) < 4.78 is 0.656. The normalized spacial score (nSPS) is 10.2. The minimum absolute atomic E-state index is 0.656. The van der Waals surface area contributed by atoms with Crippen LogP contribution in [0, 0.1) is 4.64 Å². The fourth-order valence-electron chi connectivity index (χ4n) is 1.42. The Morgan fingerprint density at radius 1 is 1.13 bits per heavy atom. The topological polar surface area (TPSA) is 28.7 Å². The maximum atomic E-state index is 4.94. The maximum Gasteiger partial charge on any atom is 0.119 e. The Hall–Kier alpha value is -1.48. The zero-order valence-corrected chi connectivity index (χ0v) is 9.34. The predicted molar refractivity (Wildman–Crippen MR) is 64.2 cm³/mol. The van der Waals surface area contributed by atoms with E-state index in [2.05, 4.69) is 41.4 Å². The first-order chi connectivity index (χ1) is 7.29. The van der Waals surface area contributed by atoms with Gasteiger partial charge in [0.1, 0.15) is 4.64 Å². The third-order valence-electron chi connectivity index (χ3n) is 2.34. The summed E-state index contributed by atoms with van der Waals surface area (Å²) in [6, 6.07) is 12.2. The monoisotopic (exact) mass is 216 g/mol. The Balaban J connectivity index is 2.37. The molecule has 1 aromatic heterocycles. The van der Waals surface area contributed by atoms with Crippen molar-refractivity contribution in [2.75, 3.05) is 0 Å². The van der Waals surface area contributed by atoms with E-state index < -0.39 is 0 Å². The summed E-state index contributed by atoms with van der Waals surface area (Å²) in [5.41, 5.74) is 3.37. The van der Waals surface area contributed by atoms with Gasteiger partial charge in [0.15, 0.2) is 0 Å². The first-order valence-electron chi connectivity index (χ1n) is 4.94. The lowest BCUT2D eigenvalue weighted by Crippen LogP contribution is -1.87. The van der Waals surface area contributed by atoms with Crippen molar-refractivity contribution in [1.82, 2.24) is 10.2 Å². The van der Waals surface area contributed by atoms with E-state index in [0.717, 1.165) is 17.7 Å². The van der Waals surface area contributed by atoms with Crippen LogP contribution in [-0.2, 0) is 6.42 Å². The maximum absolute atomic E-state index is 4.94. The van der Waals surface area contributed by atoms with Crippen LogP contribution < -0.4 is 0 Å². The number of nitrogens with zero attached hydrogens (tertiary/aromatic N) is 1. The minimum Gasteiger partial charge on any atom is -0.267 e. The number of benzene rings is 1. The van der Waals surface area contributed by atoms with Gasteiger partial charge >= 0.3 is 0 Å². The van der Waals surface area contributed by atoms with Gasteiger partial charge in [-0.2, -0.15) is 5.10 Å². The molecule has 1 heterocycles. The highest BCUT2D eigenvalue weighted by Crippen LogP contribution is 2.16. The first kappa shape index (κ1) is 10.1. The van der Waals surface area contributed by atoms with Gasteiger partial charge in [-0.1, -0.05) is 43.4 Å². The molecule has 0 atom stereocenters. The van der Waals surface area contributed by atoms with Crippen molar-refractivity contribution in [3.8, 4) is 11.3 Å². The molecule has 76 valence electrons. The summed E-state index contributed by atoms with van der Waals surface area (Å²) in [5, 5.41) is 6.97. The van der Waals surface area contributed by atoms with Crippen molar-refractivity contribution in [3.63, 3.8) is 0 Å². The summed E-state index contributed by atoms with van der Waals surface area (Å²) in [5.74, 6) is 0. The molecule has 1 aromatic carbocycles. The summed E-state index contributed by atoms with van der Waals surface area (Å²) in [6.45, 7) is 2.15. The van der Waals surface area contributed by atoms with E-state index in [1.165, 1.54) is 5.56 Å². The quantitative estimate of drug-likeness (QED) is 0.780. The zero-order chi connectivity index (χ0) is 10.7. The number of aromatic amines is 1. The Labute approximate surface area is 94.0 Å². The molecular weight excluding hydrogens is 204 g/mol. The smallest absolute Gasteiger partial charge is 0.119 e. The third kappa shape index (κ3) is 2.30. The number of hydrogen-bond donors (Lipinski definition) is 1. The summed E-state index contributed by atoms with van der Waals surface area (Å²) >= 11 is 4.94. The van der Waals surface area contributed by atoms with Gasteiger partial charge in [0.05, 0.1) is 5.69 Å². The fraction of sp³-hybridized carbons (Fsp3) is 0.167. The second-order valence-corrected chi connectivity index (χ2v) is 3.80. The highest BCUT2D eigenvalue weighted by Gasteiger charge is 1.97. The second-order valence-electron chi connectivity index (χ2n) is 3.36. The average Bonchev–Trinajstić information content (AvgIpc) is 2.30. The van der Waals surface area contributed by atoms with Gasteiger partial charge in [0, 0.05) is 5.56 Å². The van der Waals surface area contributed by atoms with Crippen LogP contribution in [0.3, 0.4) is 0 Å². The number of nitrogens with one attached hydrogen (secondary N) is 1. The molecule has 0 spiro atoms. The number of H-pyrrole nitrogens is 1. The van der Waals surface area contributed by atoms with Crippen molar-refractivity contribution in [1.29, 1.82) is 0 Å². The molecular formula is C12H12N2S. The van der Waals surface area contributed by atoms with Crippen LogP contribution in [0.25, 0.3) is 11.3 Å². The van der Waals surface area contributed by atoms with Gasteiger partial charge in [0.2, 0.25) is 0 Å². The number of rotatable bonds is 2. The molecule has 0 bridgehead atoms. The van der Waals surface area contributed by atoms with Gasteiger partial charge in [-0.15, -0.1) is 0 Å². The molecule has 0 saturated heterocycles. The molecule has 0 radical (unpaired) electrons. The largest absolute Gasteiger partial charge is 0.267 e. The molecule has 0 saturated carbocycles. The molecule has 2 aromatic rings. The van der Waals surface area contributed by atoms with Crippen molar-refractivity contribution in [3.05, 3.63) is 46.6 Å². The van der Waals surface area contributed by atoms with Gasteiger partial charge in [0.25, 0.3) is 0 Å². The van der Waals surface area contributed by atoms with Crippen molar-refractivity contribution in [2.45, 2.75) is 13.3 Å².